The molecule has 0 fully saturated rings. The smallest absolute Gasteiger partial charge is 0.168 e. The second-order valence-electron chi connectivity index (χ2n) is 5.97. The van der Waals surface area contributed by atoms with Gasteiger partial charge >= 0.3 is 0 Å². The van der Waals surface area contributed by atoms with Gasteiger partial charge in [0.2, 0.25) is 0 Å². The maximum atomic E-state index is 12.8. The SMILES string of the molecule is O=C1Cc2ccccc2C2=C1c1ccccc1CCCC2. The summed E-state index contributed by atoms with van der Waals surface area (Å²) in [5.74, 6) is 0.290. The van der Waals surface area contributed by atoms with E-state index < -0.39 is 0 Å². The van der Waals surface area contributed by atoms with E-state index in [1.54, 1.807) is 0 Å². The molecule has 0 spiro atoms. The second-order valence-corrected chi connectivity index (χ2v) is 5.97. The van der Waals surface area contributed by atoms with Crippen LogP contribution >= 0.6 is 0 Å². The summed E-state index contributed by atoms with van der Waals surface area (Å²) in [7, 11) is 0. The van der Waals surface area contributed by atoms with Crippen molar-refractivity contribution >= 4 is 16.9 Å². The molecule has 104 valence electrons. The number of benzene rings is 2. The highest BCUT2D eigenvalue weighted by atomic mass is 16.1. The highest BCUT2D eigenvalue weighted by Gasteiger charge is 2.27. The Labute approximate surface area is 125 Å². The zero-order chi connectivity index (χ0) is 14.2. The Bertz CT molecular complexity index is 752. The lowest BCUT2D eigenvalue weighted by molar-refractivity contribution is -0.113. The molecule has 0 heterocycles. The van der Waals surface area contributed by atoms with Gasteiger partial charge in [-0.3, -0.25) is 4.79 Å². The quantitative estimate of drug-likeness (QED) is 0.693. The molecule has 2 aliphatic carbocycles. The lowest BCUT2D eigenvalue weighted by Crippen LogP contribution is -2.17. The molecule has 0 atom stereocenters. The molecular formula is C20H18O. The molecule has 2 aromatic rings. The van der Waals surface area contributed by atoms with Crippen molar-refractivity contribution in [1.29, 1.82) is 0 Å². The third kappa shape index (κ3) is 2.04. The van der Waals surface area contributed by atoms with Gasteiger partial charge in [-0.15, -0.1) is 0 Å². The van der Waals surface area contributed by atoms with Crippen LogP contribution in [0.25, 0.3) is 11.1 Å². The molecule has 0 aliphatic heterocycles. The van der Waals surface area contributed by atoms with Crippen LogP contribution in [-0.2, 0) is 17.6 Å². The van der Waals surface area contributed by atoms with E-state index in [0.717, 1.165) is 24.8 Å². The average molecular weight is 274 g/mol. The van der Waals surface area contributed by atoms with E-state index in [1.807, 2.05) is 6.07 Å². The summed E-state index contributed by atoms with van der Waals surface area (Å²) in [4.78, 5) is 12.8. The maximum absolute atomic E-state index is 12.8. The van der Waals surface area contributed by atoms with Crippen LogP contribution in [-0.4, -0.2) is 5.78 Å². The molecule has 0 saturated heterocycles. The third-order valence-electron chi connectivity index (χ3n) is 4.68. The molecule has 0 unspecified atom stereocenters. The van der Waals surface area contributed by atoms with E-state index in [2.05, 4.69) is 42.5 Å². The number of carbonyl (C=O) groups is 1. The number of ketones is 1. The van der Waals surface area contributed by atoms with Crippen molar-refractivity contribution in [3.8, 4) is 0 Å². The summed E-state index contributed by atoms with van der Waals surface area (Å²) in [6, 6.07) is 16.9. The minimum atomic E-state index is 0.290. The van der Waals surface area contributed by atoms with Gasteiger partial charge in [-0.05, 0) is 53.5 Å². The maximum Gasteiger partial charge on any atom is 0.168 e. The molecule has 0 aromatic heterocycles. The number of hydrogen-bond donors (Lipinski definition) is 0. The minimum Gasteiger partial charge on any atom is -0.294 e. The number of Topliss-reactive ketones (excluding diaryl/α,β-unsaturated/α-hetero) is 1. The number of rotatable bonds is 0. The van der Waals surface area contributed by atoms with Crippen molar-refractivity contribution in [2.45, 2.75) is 32.1 Å². The first-order valence-corrected chi connectivity index (χ1v) is 7.77. The molecule has 2 aromatic carbocycles. The van der Waals surface area contributed by atoms with Crippen LogP contribution in [0.5, 0.6) is 0 Å². The minimum absolute atomic E-state index is 0.290. The monoisotopic (exact) mass is 274 g/mol. The van der Waals surface area contributed by atoms with Gasteiger partial charge in [0, 0.05) is 12.0 Å². The molecule has 0 saturated carbocycles. The molecule has 4 rings (SSSR count). The predicted octanol–water partition coefficient (Wildman–Crippen LogP) is 4.45. The molecular weight excluding hydrogens is 256 g/mol. The van der Waals surface area contributed by atoms with Crippen LogP contribution in [0.1, 0.15) is 41.5 Å². The summed E-state index contributed by atoms with van der Waals surface area (Å²) in [6.07, 6.45) is 5.01. The van der Waals surface area contributed by atoms with Crippen LogP contribution in [0.4, 0.5) is 0 Å². The van der Waals surface area contributed by atoms with Crippen LogP contribution in [0.3, 0.4) is 0 Å². The van der Waals surface area contributed by atoms with Gasteiger partial charge in [0.05, 0.1) is 0 Å². The Balaban J connectivity index is 2.02. The van der Waals surface area contributed by atoms with Crippen molar-refractivity contribution in [2.24, 2.45) is 0 Å². The van der Waals surface area contributed by atoms with E-state index >= 15 is 0 Å². The van der Waals surface area contributed by atoms with Crippen molar-refractivity contribution in [1.82, 2.24) is 0 Å². The highest BCUT2D eigenvalue weighted by Crippen LogP contribution is 2.40. The Morgan fingerprint density at radius 2 is 1.38 bits per heavy atom. The molecule has 0 amide bonds. The lowest BCUT2D eigenvalue weighted by Gasteiger charge is -2.26. The molecule has 2 aliphatic rings. The average Bonchev–Trinajstić information content (AvgIpc) is 2.49. The predicted molar refractivity (Wildman–Crippen MR) is 86.0 cm³/mol. The number of hydrogen-bond acceptors (Lipinski definition) is 1. The molecule has 1 heteroatoms. The summed E-state index contributed by atoms with van der Waals surface area (Å²) in [5, 5.41) is 0. The fourth-order valence-corrected chi connectivity index (χ4v) is 3.71. The van der Waals surface area contributed by atoms with Gasteiger partial charge in [-0.25, -0.2) is 0 Å². The standard InChI is InChI=1S/C20H18O/c21-19-13-15-9-3-4-10-16(15)18-12-6-2-8-14-7-1-5-11-17(14)20(18)19/h1,3-5,7,9-11H,2,6,8,12-13H2. The summed E-state index contributed by atoms with van der Waals surface area (Å²) in [6.45, 7) is 0. The van der Waals surface area contributed by atoms with E-state index in [9.17, 15) is 4.79 Å². The number of fused-ring (bicyclic) bond motifs is 4. The Morgan fingerprint density at radius 3 is 2.24 bits per heavy atom. The van der Waals surface area contributed by atoms with E-state index in [1.165, 1.54) is 34.2 Å². The van der Waals surface area contributed by atoms with Gasteiger partial charge < -0.3 is 0 Å². The van der Waals surface area contributed by atoms with Crippen LogP contribution < -0.4 is 0 Å². The van der Waals surface area contributed by atoms with E-state index in [0.29, 0.717) is 6.42 Å². The molecule has 21 heavy (non-hydrogen) atoms. The fourth-order valence-electron chi connectivity index (χ4n) is 3.71. The summed E-state index contributed by atoms with van der Waals surface area (Å²) >= 11 is 0. The van der Waals surface area contributed by atoms with Crippen LogP contribution in [0.2, 0.25) is 0 Å². The molecule has 0 bridgehead atoms. The van der Waals surface area contributed by atoms with Gasteiger partial charge in [-0.2, -0.15) is 0 Å². The fraction of sp³-hybridized carbons (Fsp3) is 0.250. The first kappa shape index (κ1) is 12.6. The van der Waals surface area contributed by atoms with Crippen LogP contribution in [0.15, 0.2) is 48.5 Å². The van der Waals surface area contributed by atoms with Crippen molar-refractivity contribution in [2.75, 3.05) is 0 Å². The topological polar surface area (TPSA) is 17.1 Å². The number of carbonyl (C=O) groups excluding carboxylic acids is 1. The lowest BCUT2D eigenvalue weighted by atomic mass is 9.77. The normalized spacial score (nSPS) is 17.4. The molecule has 0 radical (unpaired) electrons. The van der Waals surface area contributed by atoms with E-state index in [-0.39, 0.29) is 5.78 Å². The first-order chi connectivity index (χ1) is 10.3. The summed E-state index contributed by atoms with van der Waals surface area (Å²) < 4.78 is 0. The third-order valence-corrected chi connectivity index (χ3v) is 4.68. The van der Waals surface area contributed by atoms with Crippen molar-refractivity contribution in [3.63, 3.8) is 0 Å². The largest absolute Gasteiger partial charge is 0.294 e. The Hall–Kier alpha value is -2.15. The summed E-state index contributed by atoms with van der Waals surface area (Å²) in [5.41, 5.74) is 7.25. The molecule has 0 N–H and O–H groups in total. The van der Waals surface area contributed by atoms with Crippen molar-refractivity contribution in [3.05, 3.63) is 70.8 Å². The van der Waals surface area contributed by atoms with Crippen LogP contribution in [0, 0.1) is 0 Å². The zero-order valence-electron chi connectivity index (χ0n) is 12.1. The highest BCUT2D eigenvalue weighted by molar-refractivity contribution is 6.30. The van der Waals surface area contributed by atoms with Gasteiger partial charge in [-0.1, -0.05) is 48.5 Å². The van der Waals surface area contributed by atoms with Gasteiger partial charge in [0.15, 0.2) is 5.78 Å². The first-order valence-electron chi connectivity index (χ1n) is 7.77. The van der Waals surface area contributed by atoms with Gasteiger partial charge in [0.1, 0.15) is 0 Å². The Morgan fingerprint density at radius 1 is 0.714 bits per heavy atom. The number of allylic oxidation sites excluding steroid dienone is 2. The molecule has 1 nitrogen and oxygen atoms in total. The van der Waals surface area contributed by atoms with Crippen molar-refractivity contribution < 1.29 is 4.79 Å². The Kier molecular flexibility index (Phi) is 2.99. The second kappa shape index (κ2) is 5.00. The van der Waals surface area contributed by atoms with E-state index in [4.69, 9.17) is 0 Å². The number of aryl methyl sites for hydroxylation is 1. The van der Waals surface area contributed by atoms with Gasteiger partial charge in [0.25, 0.3) is 0 Å². The zero-order valence-corrected chi connectivity index (χ0v) is 12.1.